The number of Topliss-reactive ketones (excluding diaryl/α,β-unsaturated/α-hetero) is 1. The fourth-order valence-corrected chi connectivity index (χ4v) is 4.71. The van der Waals surface area contributed by atoms with E-state index in [4.69, 9.17) is 4.74 Å². The van der Waals surface area contributed by atoms with Crippen molar-refractivity contribution in [3.63, 3.8) is 0 Å². The molecule has 0 amide bonds. The number of hydrogen-bond donors (Lipinski definition) is 0. The second-order valence-corrected chi connectivity index (χ2v) is 16.0. The summed E-state index contributed by atoms with van der Waals surface area (Å²) in [7, 11) is -1.16. The summed E-state index contributed by atoms with van der Waals surface area (Å²) in [5.74, 6) is -0.0255. The van der Waals surface area contributed by atoms with Crippen LogP contribution in [0.2, 0.25) is 25.7 Å². The maximum atomic E-state index is 13.2. The van der Waals surface area contributed by atoms with E-state index in [1.165, 1.54) is 5.56 Å². The van der Waals surface area contributed by atoms with Gasteiger partial charge in [-0.25, -0.2) is 4.68 Å². The number of rotatable bonds is 10. The van der Waals surface area contributed by atoms with Crippen molar-refractivity contribution in [3.05, 3.63) is 82.2 Å². The van der Waals surface area contributed by atoms with Crippen LogP contribution < -0.4 is 0 Å². The monoisotopic (exact) mass is 524 g/mol. The average Bonchev–Trinajstić information content (AvgIpc) is 3.35. The number of ketones is 1. The van der Waals surface area contributed by atoms with Crippen molar-refractivity contribution in [2.24, 2.45) is 0 Å². The Bertz CT molecular complexity index is 1240. The van der Waals surface area contributed by atoms with Crippen LogP contribution in [0.15, 0.2) is 65.4 Å². The van der Waals surface area contributed by atoms with Gasteiger partial charge in [-0.05, 0) is 35.4 Å². The quantitative estimate of drug-likeness (QED) is 0.150. The Labute approximate surface area is 203 Å². The first kappa shape index (κ1) is 23.6. The maximum Gasteiger partial charge on any atom is 0.188 e. The fourth-order valence-electron chi connectivity index (χ4n) is 3.60. The van der Waals surface area contributed by atoms with Crippen LogP contribution in [0.5, 0.6) is 0 Å². The minimum atomic E-state index is -1.16. The minimum Gasteiger partial charge on any atom is -0.360 e. The first-order valence-corrected chi connectivity index (χ1v) is 15.6. The Morgan fingerprint density at radius 2 is 1.88 bits per heavy atom. The Kier molecular flexibility index (Phi) is 7.26. The number of benzene rings is 2. The van der Waals surface area contributed by atoms with Gasteiger partial charge in [-0.2, -0.15) is 10.2 Å². The molecule has 0 atom stereocenters. The number of carbonyl (C=O) groups is 1. The zero-order chi connectivity index (χ0) is 23.4. The Morgan fingerprint density at radius 3 is 2.64 bits per heavy atom. The zero-order valence-corrected chi connectivity index (χ0v) is 21.9. The third kappa shape index (κ3) is 6.28. The zero-order valence-electron chi connectivity index (χ0n) is 19.3. The molecule has 2 heterocycles. The van der Waals surface area contributed by atoms with Crippen LogP contribution in [-0.4, -0.2) is 40.0 Å². The SMILES string of the molecule is C[Si](C)(C)CCOCn1nc(C(=O)Cc2cnn(Cc3ccccc3)c2)c2ccc(Br)cc21. The summed E-state index contributed by atoms with van der Waals surface area (Å²) >= 11 is 3.53. The second kappa shape index (κ2) is 10.2. The topological polar surface area (TPSA) is 61.9 Å². The van der Waals surface area contributed by atoms with Crippen molar-refractivity contribution in [3.8, 4) is 0 Å². The third-order valence-corrected chi connectivity index (χ3v) is 7.62. The molecule has 0 radical (unpaired) electrons. The number of carbonyl (C=O) groups excluding carboxylic acids is 1. The third-order valence-electron chi connectivity index (χ3n) is 5.43. The summed E-state index contributed by atoms with van der Waals surface area (Å²) in [6.07, 6.45) is 3.95. The summed E-state index contributed by atoms with van der Waals surface area (Å²) in [5.41, 5.74) is 3.41. The van der Waals surface area contributed by atoms with Crippen LogP contribution in [0.4, 0.5) is 0 Å². The molecule has 0 fully saturated rings. The Hall–Kier alpha value is -2.55. The van der Waals surface area contributed by atoms with E-state index in [1.54, 1.807) is 10.9 Å². The normalized spacial score (nSPS) is 11.9. The van der Waals surface area contributed by atoms with Gasteiger partial charge < -0.3 is 4.74 Å². The maximum absolute atomic E-state index is 13.2. The van der Waals surface area contributed by atoms with E-state index in [1.807, 2.05) is 47.3 Å². The number of hydrogen-bond acceptors (Lipinski definition) is 4. The van der Waals surface area contributed by atoms with Crippen LogP contribution in [-0.2, 0) is 24.4 Å². The van der Waals surface area contributed by atoms with E-state index < -0.39 is 8.07 Å². The number of aromatic nitrogens is 4. The fraction of sp³-hybridized carbons (Fsp3) is 0.320. The summed E-state index contributed by atoms with van der Waals surface area (Å²) in [5, 5.41) is 9.90. The second-order valence-electron chi connectivity index (χ2n) is 9.49. The smallest absolute Gasteiger partial charge is 0.188 e. The molecule has 0 unspecified atom stereocenters. The van der Waals surface area contributed by atoms with Gasteiger partial charge in [-0.1, -0.05) is 65.9 Å². The van der Waals surface area contributed by atoms with Crippen molar-refractivity contribution in [1.82, 2.24) is 19.6 Å². The lowest BCUT2D eigenvalue weighted by molar-refractivity contribution is 0.0807. The van der Waals surface area contributed by atoms with E-state index in [2.05, 4.69) is 57.9 Å². The summed E-state index contributed by atoms with van der Waals surface area (Å²) in [6.45, 7) is 8.70. The van der Waals surface area contributed by atoms with E-state index >= 15 is 0 Å². The van der Waals surface area contributed by atoms with Crippen LogP contribution in [0.1, 0.15) is 21.6 Å². The highest BCUT2D eigenvalue weighted by Gasteiger charge is 2.19. The van der Waals surface area contributed by atoms with Gasteiger partial charge in [0, 0.05) is 37.2 Å². The van der Waals surface area contributed by atoms with Crippen molar-refractivity contribution < 1.29 is 9.53 Å². The van der Waals surface area contributed by atoms with Crippen molar-refractivity contribution in [2.75, 3.05) is 6.61 Å². The van der Waals surface area contributed by atoms with Gasteiger partial charge in [-0.3, -0.25) is 9.48 Å². The lowest BCUT2D eigenvalue weighted by Gasteiger charge is -2.15. The highest BCUT2D eigenvalue weighted by molar-refractivity contribution is 9.10. The van der Waals surface area contributed by atoms with E-state index in [0.717, 1.165) is 27.0 Å². The molecule has 0 aliphatic carbocycles. The van der Waals surface area contributed by atoms with Gasteiger partial charge in [0.05, 0.1) is 18.3 Å². The van der Waals surface area contributed by atoms with Crippen LogP contribution in [0, 0.1) is 0 Å². The Morgan fingerprint density at radius 1 is 1.09 bits per heavy atom. The first-order valence-electron chi connectivity index (χ1n) is 11.1. The molecule has 0 saturated heterocycles. The molecule has 4 aromatic rings. The molecular weight excluding hydrogens is 496 g/mol. The minimum absolute atomic E-state index is 0.0255. The van der Waals surface area contributed by atoms with Crippen LogP contribution >= 0.6 is 15.9 Å². The van der Waals surface area contributed by atoms with Crippen molar-refractivity contribution in [2.45, 2.75) is 45.4 Å². The molecule has 172 valence electrons. The molecule has 2 aromatic heterocycles. The van der Waals surface area contributed by atoms with Gasteiger partial charge in [0.1, 0.15) is 12.4 Å². The molecule has 0 saturated carbocycles. The van der Waals surface area contributed by atoms with E-state index in [0.29, 0.717) is 25.6 Å². The number of fused-ring (bicyclic) bond motifs is 1. The summed E-state index contributed by atoms with van der Waals surface area (Å²) < 4.78 is 10.5. The highest BCUT2D eigenvalue weighted by atomic mass is 79.9. The van der Waals surface area contributed by atoms with Crippen LogP contribution in [0.3, 0.4) is 0 Å². The molecule has 0 aliphatic rings. The molecule has 0 N–H and O–H groups in total. The van der Waals surface area contributed by atoms with Crippen molar-refractivity contribution >= 4 is 40.7 Å². The Balaban J connectivity index is 1.49. The van der Waals surface area contributed by atoms with Gasteiger partial charge in [0.15, 0.2) is 5.78 Å². The predicted octanol–water partition coefficient (Wildman–Crippen LogP) is 5.78. The van der Waals surface area contributed by atoms with Crippen LogP contribution in [0.25, 0.3) is 10.9 Å². The molecule has 8 heteroatoms. The van der Waals surface area contributed by atoms with Gasteiger partial charge in [0.25, 0.3) is 0 Å². The standard InChI is InChI=1S/C25H29BrN4O2Si/c1-33(2,3)12-11-32-18-30-23-14-21(26)9-10-22(23)25(28-30)24(31)13-20-15-27-29(17-20)16-19-7-5-4-6-8-19/h4-10,14-15,17H,11-13,16,18H2,1-3H3. The molecule has 2 aromatic carbocycles. The lowest BCUT2D eigenvalue weighted by atomic mass is 10.1. The average molecular weight is 526 g/mol. The molecule has 6 nitrogen and oxygen atoms in total. The number of nitrogens with zero attached hydrogens (tertiary/aromatic N) is 4. The first-order chi connectivity index (χ1) is 15.8. The number of halogens is 1. The molecule has 0 spiro atoms. The lowest BCUT2D eigenvalue weighted by Crippen LogP contribution is -2.22. The largest absolute Gasteiger partial charge is 0.360 e. The number of ether oxygens (including phenoxy) is 1. The van der Waals surface area contributed by atoms with Gasteiger partial charge in [0.2, 0.25) is 0 Å². The van der Waals surface area contributed by atoms with E-state index in [9.17, 15) is 4.79 Å². The molecule has 0 aliphatic heterocycles. The van der Waals surface area contributed by atoms with Crippen molar-refractivity contribution in [1.29, 1.82) is 0 Å². The van der Waals surface area contributed by atoms with Gasteiger partial charge in [-0.15, -0.1) is 0 Å². The molecule has 4 rings (SSSR count). The predicted molar refractivity (Wildman–Crippen MR) is 137 cm³/mol. The molecular formula is C25H29BrN4O2Si. The summed E-state index contributed by atoms with van der Waals surface area (Å²) in [4.78, 5) is 13.2. The summed E-state index contributed by atoms with van der Waals surface area (Å²) in [6, 6.07) is 17.1. The molecule has 0 bridgehead atoms. The van der Waals surface area contributed by atoms with Gasteiger partial charge >= 0.3 is 0 Å². The molecule has 33 heavy (non-hydrogen) atoms. The van der Waals surface area contributed by atoms with E-state index in [-0.39, 0.29) is 12.2 Å². The highest BCUT2D eigenvalue weighted by Crippen LogP contribution is 2.24.